The fourth-order valence-corrected chi connectivity index (χ4v) is 4.39. The van der Waals surface area contributed by atoms with Gasteiger partial charge in [-0.3, -0.25) is 10.1 Å². The molecule has 0 unspecified atom stereocenters. The second-order valence-corrected chi connectivity index (χ2v) is 9.93. The Morgan fingerprint density at radius 3 is 2.61 bits per heavy atom. The van der Waals surface area contributed by atoms with Gasteiger partial charge in [-0.15, -0.1) is 0 Å². The minimum absolute atomic E-state index is 0.127. The molecule has 0 radical (unpaired) electrons. The van der Waals surface area contributed by atoms with Crippen LogP contribution in [0.15, 0.2) is 80.0 Å². The number of carbonyl (C=O) groups excluding carboxylic acids is 1. The van der Waals surface area contributed by atoms with Gasteiger partial charge in [0.15, 0.2) is 16.5 Å². The first-order valence-electron chi connectivity index (χ1n) is 10.9. The number of aromatic nitrogens is 1. The van der Waals surface area contributed by atoms with Crippen molar-refractivity contribution < 1.29 is 13.6 Å². The molecule has 2 heterocycles. The number of nitrogens with zero attached hydrogens (tertiary/aromatic N) is 1. The van der Waals surface area contributed by atoms with Crippen molar-refractivity contribution in [2.75, 3.05) is 5.32 Å². The first-order valence-corrected chi connectivity index (χ1v) is 12.5. The van der Waals surface area contributed by atoms with E-state index in [1.165, 1.54) is 5.56 Å². The fourth-order valence-electron chi connectivity index (χ4n) is 3.62. The molecular weight excluding hydrogens is 562 g/mol. The highest BCUT2D eigenvalue weighted by Gasteiger charge is 2.16. The number of amides is 1. The van der Waals surface area contributed by atoms with E-state index in [4.69, 9.17) is 32.7 Å². The van der Waals surface area contributed by atoms with E-state index in [1.807, 2.05) is 44.2 Å². The molecule has 6 nitrogen and oxygen atoms in total. The summed E-state index contributed by atoms with van der Waals surface area (Å²) in [6, 6.07) is 20.2. The van der Waals surface area contributed by atoms with Crippen LogP contribution in [0.25, 0.3) is 33.9 Å². The molecule has 5 aromatic rings. The van der Waals surface area contributed by atoms with Crippen LogP contribution in [0.2, 0.25) is 5.02 Å². The van der Waals surface area contributed by atoms with Crippen LogP contribution >= 0.6 is 39.7 Å². The smallest absolute Gasteiger partial charge is 0.293 e. The molecule has 1 amide bonds. The van der Waals surface area contributed by atoms with Crippen molar-refractivity contribution >= 4 is 67.6 Å². The summed E-state index contributed by atoms with van der Waals surface area (Å²) in [4.78, 5) is 17.2. The predicted molar refractivity (Wildman–Crippen MR) is 149 cm³/mol. The Morgan fingerprint density at radius 2 is 1.81 bits per heavy atom. The second-order valence-electron chi connectivity index (χ2n) is 8.20. The van der Waals surface area contributed by atoms with Crippen LogP contribution in [0.3, 0.4) is 0 Å². The maximum absolute atomic E-state index is 12.7. The molecule has 0 aliphatic carbocycles. The zero-order valence-electron chi connectivity index (χ0n) is 19.2. The van der Waals surface area contributed by atoms with Crippen LogP contribution < -0.4 is 10.6 Å². The Kier molecular flexibility index (Phi) is 6.66. The molecule has 0 bridgehead atoms. The maximum Gasteiger partial charge on any atom is 0.293 e. The number of rotatable bonds is 4. The number of carbonyl (C=O) groups is 1. The summed E-state index contributed by atoms with van der Waals surface area (Å²) in [5.74, 6) is 0.730. The third-order valence-electron chi connectivity index (χ3n) is 5.65. The van der Waals surface area contributed by atoms with Crippen molar-refractivity contribution in [2.45, 2.75) is 13.8 Å². The Hall–Kier alpha value is -3.46. The number of hydrogen-bond donors (Lipinski definition) is 2. The summed E-state index contributed by atoms with van der Waals surface area (Å²) < 4.78 is 12.5. The standard InChI is InChI=1S/C27H19BrClN3O3S/c1-14-3-4-16(11-15(14)2)22-9-10-24(34-22)25(33)32-27(36)30-18-6-8-23-21(13-18)31-26(35-23)19-12-17(28)5-7-20(19)29/h3-13H,1-2H3,(H2,30,32,33,36). The predicted octanol–water partition coefficient (Wildman–Crippen LogP) is 7.91. The Morgan fingerprint density at radius 1 is 0.972 bits per heavy atom. The third-order valence-corrected chi connectivity index (χ3v) is 6.68. The first kappa shape index (κ1) is 24.2. The number of anilines is 1. The van der Waals surface area contributed by atoms with Gasteiger partial charge in [0.25, 0.3) is 5.91 Å². The molecule has 180 valence electrons. The molecular formula is C27H19BrClN3O3S. The fraction of sp³-hybridized carbons (Fsp3) is 0.0741. The van der Waals surface area contributed by atoms with Gasteiger partial charge in [0, 0.05) is 15.7 Å². The van der Waals surface area contributed by atoms with Crippen molar-refractivity contribution in [1.82, 2.24) is 10.3 Å². The van der Waals surface area contributed by atoms with E-state index in [0.717, 1.165) is 15.6 Å². The van der Waals surface area contributed by atoms with E-state index >= 15 is 0 Å². The molecule has 0 fully saturated rings. The number of oxazole rings is 1. The highest BCUT2D eigenvalue weighted by molar-refractivity contribution is 9.10. The number of halogens is 2. The summed E-state index contributed by atoms with van der Waals surface area (Å²) in [7, 11) is 0. The first-order chi connectivity index (χ1) is 17.3. The van der Waals surface area contributed by atoms with Crippen LogP contribution in [-0.4, -0.2) is 16.0 Å². The van der Waals surface area contributed by atoms with Gasteiger partial charge in [-0.2, -0.15) is 0 Å². The quantitative estimate of drug-likeness (QED) is 0.210. The van der Waals surface area contributed by atoms with Gasteiger partial charge in [-0.1, -0.05) is 39.7 Å². The molecule has 5 rings (SSSR count). The third kappa shape index (κ3) is 5.06. The molecule has 0 spiro atoms. The van der Waals surface area contributed by atoms with Gasteiger partial charge >= 0.3 is 0 Å². The SMILES string of the molecule is Cc1ccc(-c2ccc(C(=O)NC(=S)Nc3ccc4oc(-c5cc(Br)ccc5Cl)nc4c3)o2)cc1C. The van der Waals surface area contributed by atoms with Crippen molar-refractivity contribution in [3.63, 3.8) is 0 Å². The van der Waals surface area contributed by atoms with Gasteiger partial charge in [-0.25, -0.2) is 4.98 Å². The van der Waals surface area contributed by atoms with Gasteiger partial charge in [0.1, 0.15) is 11.3 Å². The summed E-state index contributed by atoms with van der Waals surface area (Å²) in [5.41, 5.74) is 5.77. The maximum atomic E-state index is 12.7. The van der Waals surface area contributed by atoms with Crippen molar-refractivity contribution in [2.24, 2.45) is 0 Å². The largest absolute Gasteiger partial charge is 0.451 e. The number of aryl methyl sites for hydroxylation is 2. The molecule has 3 aromatic carbocycles. The molecule has 0 saturated heterocycles. The minimum atomic E-state index is -0.448. The number of hydrogen-bond acceptors (Lipinski definition) is 5. The zero-order valence-corrected chi connectivity index (χ0v) is 22.3. The highest BCUT2D eigenvalue weighted by Crippen LogP contribution is 2.33. The van der Waals surface area contributed by atoms with Gasteiger partial charge in [0.05, 0.1) is 10.6 Å². The van der Waals surface area contributed by atoms with Crippen LogP contribution in [0.1, 0.15) is 21.7 Å². The van der Waals surface area contributed by atoms with E-state index in [2.05, 4.69) is 31.5 Å². The van der Waals surface area contributed by atoms with Gasteiger partial charge < -0.3 is 14.2 Å². The summed E-state index contributed by atoms with van der Waals surface area (Å²) >= 11 is 15.1. The molecule has 9 heteroatoms. The average molecular weight is 581 g/mol. The van der Waals surface area contributed by atoms with Crippen LogP contribution in [-0.2, 0) is 0 Å². The van der Waals surface area contributed by atoms with Crippen LogP contribution in [0.4, 0.5) is 5.69 Å². The Labute approximate surface area is 225 Å². The number of furan rings is 1. The normalized spacial score (nSPS) is 11.0. The number of thiocarbonyl (C=S) groups is 1. The lowest BCUT2D eigenvalue weighted by atomic mass is 10.1. The van der Waals surface area contributed by atoms with E-state index < -0.39 is 5.91 Å². The minimum Gasteiger partial charge on any atom is -0.451 e. The van der Waals surface area contributed by atoms with E-state index in [1.54, 1.807) is 36.4 Å². The van der Waals surface area contributed by atoms with Gasteiger partial charge in [0.2, 0.25) is 5.89 Å². The zero-order chi connectivity index (χ0) is 25.4. The number of fused-ring (bicyclic) bond motifs is 1. The van der Waals surface area contributed by atoms with Crippen molar-refractivity contribution in [3.05, 3.63) is 93.1 Å². The van der Waals surface area contributed by atoms with Crippen molar-refractivity contribution in [1.29, 1.82) is 0 Å². The van der Waals surface area contributed by atoms with Crippen LogP contribution in [0.5, 0.6) is 0 Å². The van der Waals surface area contributed by atoms with Gasteiger partial charge in [-0.05, 0) is 91.8 Å². The molecule has 36 heavy (non-hydrogen) atoms. The Balaban J connectivity index is 1.28. The molecule has 2 aromatic heterocycles. The summed E-state index contributed by atoms with van der Waals surface area (Å²) in [5, 5.41) is 6.30. The molecule has 0 atom stereocenters. The van der Waals surface area contributed by atoms with E-state index in [9.17, 15) is 4.79 Å². The topological polar surface area (TPSA) is 80.3 Å². The lowest BCUT2D eigenvalue weighted by molar-refractivity contribution is 0.0951. The molecule has 0 saturated carbocycles. The van der Waals surface area contributed by atoms with E-state index in [-0.39, 0.29) is 10.9 Å². The lowest BCUT2D eigenvalue weighted by Crippen LogP contribution is -2.33. The van der Waals surface area contributed by atoms with Crippen molar-refractivity contribution in [3.8, 4) is 22.8 Å². The number of nitrogens with one attached hydrogen (secondary N) is 2. The highest BCUT2D eigenvalue weighted by atomic mass is 79.9. The summed E-state index contributed by atoms with van der Waals surface area (Å²) in [6.45, 7) is 4.08. The van der Waals surface area contributed by atoms with E-state index in [0.29, 0.717) is 39.0 Å². The molecule has 2 N–H and O–H groups in total. The average Bonchev–Trinajstić information content (AvgIpc) is 3.50. The Bertz CT molecular complexity index is 1640. The summed E-state index contributed by atoms with van der Waals surface area (Å²) in [6.07, 6.45) is 0. The molecule has 0 aliphatic rings. The lowest BCUT2D eigenvalue weighted by Gasteiger charge is -2.08. The van der Waals surface area contributed by atoms with Crippen LogP contribution in [0, 0.1) is 13.8 Å². The second kappa shape index (κ2) is 9.89. The monoisotopic (exact) mass is 579 g/mol. The number of benzene rings is 3. The molecule has 0 aliphatic heterocycles.